The number of hydrogen-bond acceptors (Lipinski definition) is 2. The molecule has 0 aliphatic carbocycles. The summed E-state index contributed by atoms with van der Waals surface area (Å²) in [5.74, 6) is 1.41. The van der Waals surface area contributed by atoms with Gasteiger partial charge in [0.15, 0.2) is 0 Å². The van der Waals surface area contributed by atoms with E-state index in [1.165, 1.54) is 0 Å². The van der Waals surface area contributed by atoms with E-state index in [9.17, 15) is 0 Å². The van der Waals surface area contributed by atoms with E-state index in [-0.39, 0.29) is 9.20 Å². The fraction of sp³-hybridized carbons (Fsp3) is 0.444. The Morgan fingerprint density at radius 1 is 1.67 bits per heavy atom. The lowest BCUT2D eigenvalue weighted by molar-refractivity contribution is 0.291. The third-order valence-corrected chi connectivity index (χ3v) is 1.98. The maximum atomic E-state index is 5.22. The second-order valence-electron chi connectivity index (χ2n) is 2.16. The molecule has 0 rings (SSSR count). The van der Waals surface area contributed by atoms with E-state index in [2.05, 4.69) is 12.1 Å². The third-order valence-electron chi connectivity index (χ3n) is 1.12. The van der Waals surface area contributed by atoms with Crippen LogP contribution in [0, 0.1) is 5.50 Å². The minimum absolute atomic E-state index is 0.264. The highest BCUT2D eigenvalue weighted by Crippen LogP contribution is 1.99. The van der Waals surface area contributed by atoms with E-state index in [0.717, 1.165) is 12.2 Å². The summed E-state index contributed by atoms with van der Waals surface area (Å²) in [7, 11) is 1.88. The van der Waals surface area contributed by atoms with E-state index >= 15 is 0 Å². The van der Waals surface area contributed by atoms with E-state index in [0.29, 0.717) is 5.76 Å². The molecule has 0 aliphatic heterocycles. The molecule has 0 aromatic rings. The zero-order valence-corrected chi connectivity index (χ0v) is 8.81. The highest BCUT2D eigenvalue weighted by molar-refractivity contribution is 6.14. The molecular weight excluding hydrogens is 168 g/mol. The minimum Gasteiger partial charge on any atom is -0.501 e. The standard InChI is InChI=1S/C9H14O2Si/c1-5-6-12-11-9(3)7-8(2)10-4/h7H,3,5H2,1-2,4H3/b8-7+. The largest absolute Gasteiger partial charge is 0.501 e. The molecule has 3 heteroatoms. The van der Waals surface area contributed by atoms with Gasteiger partial charge in [-0.1, -0.05) is 13.5 Å². The van der Waals surface area contributed by atoms with E-state index < -0.39 is 0 Å². The molecule has 66 valence electrons. The zero-order valence-electron chi connectivity index (χ0n) is 7.81. The molecule has 0 aromatic heterocycles. The molecule has 0 aromatic carbocycles. The van der Waals surface area contributed by atoms with E-state index in [1.807, 2.05) is 13.8 Å². The van der Waals surface area contributed by atoms with E-state index in [4.69, 9.17) is 9.16 Å². The summed E-state index contributed by atoms with van der Waals surface area (Å²) in [6.07, 6.45) is 2.66. The number of methoxy groups -OCH3 is 1. The maximum Gasteiger partial charge on any atom is 0.249 e. The Bertz CT molecular complexity index is 233. The van der Waals surface area contributed by atoms with Crippen molar-refractivity contribution in [2.75, 3.05) is 7.11 Å². The second-order valence-corrected chi connectivity index (χ2v) is 2.92. The van der Waals surface area contributed by atoms with Gasteiger partial charge in [-0.25, -0.2) is 0 Å². The molecule has 2 nitrogen and oxygen atoms in total. The molecule has 0 radical (unpaired) electrons. The smallest absolute Gasteiger partial charge is 0.249 e. The van der Waals surface area contributed by atoms with Crippen LogP contribution in [0.25, 0.3) is 0 Å². The Balaban J connectivity index is 3.90. The van der Waals surface area contributed by atoms with Gasteiger partial charge in [0.05, 0.1) is 12.9 Å². The molecule has 0 fully saturated rings. The van der Waals surface area contributed by atoms with Crippen LogP contribution in [0.1, 0.15) is 20.3 Å². The summed E-state index contributed by atoms with van der Waals surface area (Å²) < 4.78 is 10.2. The average molecular weight is 182 g/mol. The zero-order chi connectivity index (χ0) is 9.40. The molecule has 0 saturated heterocycles. The van der Waals surface area contributed by atoms with Gasteiger partial charge >= 0.3 is 0 Å². The topological polar surface area (TPSA) is 18.5 Å². The first-order valence-electron chi connectivity index (χ1n) is 3.76. The summed E-state index contributed by atoms with van der Waals surface area (Å²) in [5.41, 5.74) is 3.05. The number of hydrogen-bond donors (Lipinski definition) is 0. The normalized spacial score (nSPS) is 9.75. The van der Waals surface area contributed by atoms with Crippen LogP contribution in [0.3, 0.4) is 0 Å². The lowest BCUT2D eigenvalue weighted by Crippen LogP contribution is -1.87. The molecule has 0 aliphatic rings. The van der Waals surface area contributed by atoms with Crippen molar-refractivity contribution in [2.45, 2.75) is 20.3 Å². The number of ether oxygens (including phenoxy) is 1. The van der Waals surface area contributed by atoms with Crippen molar-refractivity contribution in [1.82, 2.24) is 0 Å². The van der Waals surface area contributed by atoms with Crippen LogP contribution in [0.5, 0.6) is 0 Å². The SMILES string of the molecule is C=C(/C=C(\C)OC)O[Si]#CCC. The van der Waals surface area contributed by atoms with Gasteiger partial charge in [-0.3, -0.25) is 0 Å². The molecule has 0 bridgehead atoms. The fourth-order valence-corrected chi connectivity index (χ4v) is 0.895. The Morgan fingerprint density at radius 2 is 2.33 bits per heavy atom. The first-order valence-corrected chi connectivity index (χ1v) is 4.67. The molecule has 0 heterocycles. The Kier molecular flexibility index (Phi) is 6.25. The molecular formula is C9H14O2Si. The first-order chi connectivity index (χ1) is 5.70. The van der Waals surface area contributed by atoms with Gasteiger partial charge in [0.2, 0.25) is 9.20 Å². The number of allylic oxidation sites excluding steroid dienone is 2. The summed E-state index contributed by atoms with van der Waals surface area (Å²) in [5, 5.41) is 0. The van der Waals surface area contributed by atoms with Crippen molar-refractivity contribution < 1.29 is 9.16 Å². The summed E-state index contributed by atoms with van der Waals surface area (Å²) in [6, 6.07) is 0. The Morgan fingerprint density at radius 3 is 2.83 bits per heavy atom. The van der Waals surface area contributed by atoms with Crippen molar-refractivity contribution in [3.63, 3.8) is 0 Å². The average Bonchev–Trinajstić information content (AvgIpc) is 2.05. The van der Waals surface area contributed by atoms with Crippen molar-refractivity contribution in [3.8, 4) is 5.50 Å². The Hall–Kier alpha value is -0.923. The van der Waals surface area contributed by atoms with Crippen LogP contribution in [-0.2, 0) is 9.16 Å². The van der Waals surface area contributed by atoms with Crippen LogP contribution in [-0.4, -0.2) is 16.3 Å². The van der Waals surface area contributed by atoms with Gasteiger partial charge < -0.3 is 9.16 Å². The molecule has 0 N–H and O–H groups in total. The van der Waals surface area contributed by atoms with Crippen LogP contribution in [0.15, 0.2) is 24.2 Å². The summed E-state index contributed by atoms with van der Waals surface area (Å²) >= 11 is 0. The number of rotatable bonds is 3. The van der Waals surface area contributed by atoms with Gasteiger partial charge in [-0.15, -0.1) is 5.50 Å². The third kappa shape index (κ3) is 5.83. The minimum atomic E-state index is 0.264. The fourth-order valence-electron chi connectivity index (χ4n) is 0.489. The maximum absolute atomic E-state index is 5.22. The van der Waals surface area contributed by atoms with E-state index in [1.54, 1.807) is 13.2 Å². The monoisotopic (exact) mass is 182 g/mol. The van der Waals surface area contributed by atoms with Crippen LogP contribution in [0.2, 0.25) is 0 Å². The van der Waals surface area contributed by atoms with Gasteiger partial charge in [0.25, 0.3) is 0 Å². The van der Waals surface area contributed by atoms with Gasteiger partial charge in [0, 0.05) is 12.5 Å². The lowest BCUT2D eigenvalue weighted by Gasteiger charge is -1.99. The quantitative estimate of drug-likeness (QED) is 0.378. The van der Waals surface area contributed by atoms with Crippen LogP contribution < -0.4 is 0 Å². The second kappa shape index (κ2) is 6.77. The molecule has 0 atom stereocenters. The van der Waals surface area contributed by atoms with Crippen molar-refractivity contribution >= 4 is 9.20 Å². The van der Waals surface area contributed by atoms with Gasteiger partial charge in [-0.2, -0.15) is 0 Å². The highest BCUT2D eigenvalue weighted by Gasteiger charge is 1.88. The predicted molar refractivity (Wildman–Crippen MR) is 50.9 cm³/mol. The molecule has 0 saturated carbocycles. The Labute approximate surface area is 76.1 Å². The predicted octanol–water partition coefficient (Wildman–Crippen LogP) is 2.06. The summed E-state index contributed by atoms with van der Waals surface area (Å²) in [4.78, 5) is 0. The lowest BCUT2D eigenvalue weighted by atomic mass is 10.4. The van der Waals surface area contributed by atoms with Gasteiger partial charge in [0.1, 0.15) is 5.76 Å². The molecule has 0 spiro atoms. The molecule has 12 heavy (non-hydrogen) atoms. The molecule has 0 amide bonds. The van der Waals surface area contributed by atoms with Gasteiger partial charge in [-0.05, 0) is 6.92 Å². The van der Waals surface area contributed by atoms with Crippen LogP contribution in [0.4, 0.5) is 0 Å². The molecule has 0 unspecified atom stereocenters. The highest BCUT2D eigenvalue weighted by atomic mass is 28.2. The van der Waals surface area contributed by atoms with Crippen molar-refractivity contribution in [1.29, 1.82) is 0 Å². The summed E-state index contributed by atoms with van der Waals surface area (Å²) in [6.45, 7) is 7.58. The first kappa shape index (κ1) is 11.1. The van der Waals surface area contributed by atoms with Crippen LogP contribution >= 0.6 is 0 Å². The van der Waals surface area contributed by atoms with Crippen molar-refractivity contribution in [2.24, 2.45) is 0 Å². The van der Waals surface area contributed by atoms with Crippen molar-refractivity contribution in [3.05, 3.63) is 24.2 Å².